The van der Waals surface area contributed by atoms with Crippen LogP contribution in [-0.4, -0.2) is 31.6 Å². The number of pyridine rings is 1. The molecule has 0 atom stereocenters. The quantitative estimate of drug-likeness (QED) is 0.824. The number of anilines is 1. The standard InChI is InChI=1S/C16H17F3N4O2/c1-15(2,6-5-13(24)25)23-12-8-11(16(17,18)19)21-14(22-12)10-4-3-7-20-9-10/h3-4,7-9H,5-6H2,1-2H3,(H,24,25)(H,21,22,23). The SMILES string of the molecule is CC(C)(CCC(=O)O)Nc1cc(C(F)(F)F)nc(-c2cccnc2)n1. The average Bonchev–Trinajstić information content (AvgIpc) is 2.52. The highest BCUT2D eigenvalue weighted by molar-refractivity contribution is 5.67. The van der Waals surface area contributed by atoms with Gasteiger partial charge < -0.3 is 10.4 Å². The number of aliphatic carboxylic acids is 1. The molecule has 0 aliphatic carbocycles. The zero-order chi connectivity index (χ0) is 18.7. The van der Waals surface area contributed by atoms with Crippen molar-refractivity contribution in [3.63, 3.8) is 0 Å². The molecule has 0 amide bonds. The van der Waals surface area contributed by atoms with Gasteiger partial charge in [-0.05, 0) is 32.4 Å². The largest absolute Gasteiger partial charge is 0.481 e. The average molecular weight is 354 g/mol. The van der Waals surface area contributed by atoms with Crippen LogP contribution < -0.4 is 5.32 Å². The van der Waals surface area contributed by atoms with E-state index in [4.69, 9.17) is 5.11 Å². The van der Waals surface area contributed by atoms with Crippen LogP contribution in [0.1, 0.15) is 32.4 Å². The van der Waals surface area contributed by atoms with Crippen LogP contribution in [0.3, 0.4) is 0 Å². The third-order valence-electron chi connectivity index (χ3n) is 3.37. The second-order valence-electron chi connectivity index (χ2n) is 6.10. The molecule has 0 aliphatic heterocycles. The maximum absolute atomic E-state index is 13.1. The first-order valence-electron chi connectivity index (χ1n) is 7.43. The van der Waals surface area contributed by atoms with Gasteiger partial charge in [0.2, 0.25) is 0 Å². The van der Waals surface area contributed by atoms with E-state index in [1.54, 1.807) is 26.0 Å². The molecule has 0 saturated carbocycles. The van der Waals surface area contributed by atoms with Crippen LogP contribution in [0.2, 0.25) is 0 Å². The minimum Gasteiger partial charge on any atom is -0.481 e. The predicted octanol–water partition coefficient (Wildman–Crippen LogP) is 3.61. The summed E-state index contributed by atoms with van der Waals surface area (Å²) >= 11 is 0. The predicted molar refractivity (Wildman–Crippen MR) is 84.8 cm³/mol. The molecule has 0 saturated heterocycles. The number of nitrogens with zero attached hydrogens (tertiary/aromatic N) is 3. The second-order valence-corrected chi connectivity index (χ2v) is 6.10. The Bertz CT molecular complexity index is 749. The maximum atomic E-state index is 13.1. The number of halogens is 3. The zero-order valence-corrected chi connectivity index (χ0v) is 13.6. The van der Waals surface area contributed by atoms with E-state index in [0.29, 0.717) is 5.56 Å². The van der Waals surface area contributed by atoms with Crippen molar-refractivity contribution in [2.24, 2.45) is 0 Å². The first-order chi connectivity index (χ1) is 11.6. The fourth-order valence-electron chi connectivity index (χ4n) is 2.11. The van der Waals surface area contributed by atoms with Gasteiger partial charge in [0.15, 0.2) is 11.5 Å². The van der Waals surface area contributed by atoms with Gasteiger partial charge in [-0.1, -0.05) is 0 Å². The summed E-state index contributed by atoms with van der Waals surface area (Å²) < 4.78 is 39.4. The fraction of sp³-hybridized carbons (Fsp3) is 0.375. The summed E-state index contributed by atoms with van der Waals surface area (Å²) in [6.07, 6.45) is -1.68. The molecule has 2 aromatic heterocycles. The van der Waals surface area contributed by atoms with E-state index in [9.17, 15) is 18.0 Å². The summed E-state index contributed by atoms with van der Waals surface area (Å²) in [4.78, 5) is 22.3. The lowest BCUT2D eigenvalue weighted by atomic mass is 9.98. The molecule has 6 nitrogen and oxygen atoms in total. The highest BCUT2D eigenvalue weighted by Crippen LogP contribution is 2.31. The molecule has 0 aliphatic rings. The van der Waals surface area contributed by atoms with Gasteiger partial charge in [-0.2, -0.15) is 13.2 Å². The van der Waals surface area contributed by atoms with Crippen molar-refractivity contribution in [2.45, 2.75) is 38.4 Å². The minimum absolute atomic E-state index is 0.0310. The lowest BCUT2D eigenvalue weighted by molar-refractivity contribution is -0.141. The third-order valence-corrected chi connectivity index (χ3v) is 3.37. The van der Waals surface area contributed by atoms with E-state index < -0.39 is 23.4 Å². The van der Waals surface area contributed by atoms with Crippen LogP contribution in [0, 0.1) is 0 Å². The zero-order valence-electron chi connectivity index (χ0n) is 13.6. The van der Waals surface area contributed by atoms with Crippen molar-refractivity contribution >= 4 is 11.8 Å². The van der Waals surface area contributed by atoms with Crippen LogP contribution in [0.4, 0.5) is 19.0 Å². The van der Waals surface area contributed by atoms with Crippen LogP contribution in [0.15, 0.2) is 30.6 Å². The van der Waals surface area contributed by atoms with Gasteiger partial charge in [0.05, 0.1) is 0 Å². The van der Waals surface area contributed by atoms with Crippen molar-refractivity contribution in [1.82, 2.24) is 15.0 Å². The Labute approximate surface area is 142 Å². The number of nitrogens with one attached hydrogen (secondary N) is 1. The summed E-state index contributed by atoms with van der Waals surface area (Å²) in [5, 5.41) is 11.6. The lowest BCUT2D eigenvalue weighted by Crippen LogP contribution is -2.32. The molecule has 2 heterocycles. The number of carboxylic acids is 1. The Balaban J connectivity index is 2.38. The molecule has 0 fully saturated rings. The number of aromatic nitrogens is 3. The number of carbonyl (C=O) groups is 1. The van der Waals surface area contributed by atoms with E-state index in [1.165, 1.54) is 12.4 Å². The normalized spacial score (nSPS) is 12.0. The molecule has 134 valence electrons. The van der Waals surface area contributed by atoms with Gasteiger partial charge >= 0.3 is 12.1 Å². The molecular formula is C16H17F3N4O2. The Morgan fingerprint density at radius 2 is 2.00 bits per heavy atom. The van der Waals surface area contributed by atoms with Gasteiger partial charge in [-0.25, -0.2) is 9.97 Å². The van der Waals surface area contributed by atoms with E-state index in [-0.39, 0.29) is 24.5 Å². The van der Waals surface area contributed by atoms with Crippen molar-refractivity contribution in [3.05, 3.63) is 36.3 Å². The summed E-state index contributed by atoms with van der Waals surface area (Å²) in [7, 11) is 0. The molecular weight excluding hydrogens is 337 g/mol. The molecule has 0 radical (unpaired) electrons. The summed E-state index contributed by atoms with van der Waals surface area (Å²) in [6, 6.07) is 3.94. The fourth-order valence-corrected chi connectivity index (χ4v) is 2.11. The van der Waals surface area contributed by atoms with Gasteiger partial charge in [-0.3, -0.25) is 9.78 Å². The Hall–Kier alpha value is -2.71. The Kier molecular flexibility index (Phi) is 5.24. The molecule has 0 bridgehead atoms. The highest BCUT2D eigenvalue weighted by atomic mass is 19.4. The number of carboxylic acid groups (broad SMARTS) is 1. The summed E-state index contributed by atoms with van der Waals surface area (Å²) in [5.74, 6) is -1.12. The molecule has 2 aromatic rings. The van der Waals surface area contributed by atoms with E-state index in [2.05, 4.69) is 20.3 Å². The van der Waals surface area contributed by atoms with Crippen molar-refractivity contribution < 1.29 is 23.1 Å². The van der Waals surface area contributed by atoms with E-state index in [0.717, 1.165) is 6.07 Å². The van der Waals surface area contributed by atoms with Crippen LogP contribution in [-0.2, 0) is 11.0 Å². The van der Waals surface area contributed by atoms with Crippen LogP contribution in [0.25, 0.3) is 11.4 Å². The third kappa shape index (κ3) is 5.40. The topological polar surface area (TPSA) is 88.0 Å². The number of rotatable bonds is 6. The Morgan fingerprint density at radius 1 is 1.28 bits per heavy atom. The molecule has 0 spiro atoms. The first kappa shape index (κ1) is 18.6. The van der Waals surface area contributed by atoms with Crippen LogP contribution in [0.5, 0.6) is 0 Å². The minimum atomic E-state index is -4.64. The van der Waals surface area contributed by atoms with Crippen molar-refractivity contribution in [3.8, 4) is 11.4 Å². The first-order valence-corrected chi connectivity index (χ1v) is 7.43. The monoisotopic (exact) mass is 354 g/mol. The maximum Gasteiger partial charge on any atom is 0.433 e. The summed E-state index contributed by atoms with van der Waals surface area (Å²) in [6.45, 7) is 3.38. The van der Waals surface area contributed by atoms with Crippen molar-refractivity contribution in [2.75, 3.05) is 5.32 Å². The van der Waals surface area contributed by atoms with Gasteiger partial charge in [0.25, 0.3) is 0 Å². The van der Waals surface area contributed by atoms with Crippen molar-refractivity contribution in [1.29, 1.82) is 0 Å². The molecule has 2 rings (SSSR count). The van der Waals surface area contributed by atoms with Gasteiger partial charge in [-0.15, -0.1) is 0 Å². The number of alkyl halides is 3. The van der Waals surface area contributed by atoms with Gasteiger partial charge in [0, 0.05) is 36.0 Å². The van der Waals surface area contributed by atoms with E-state index >= 15 is 0 Å². The second kappa shape index (κ2) is 7.04. The highest BCUT2D eigenvalue weighted by Gasteiger charge is 2.34. The molecule has 0 unspecified atom stereocenters. The lowest BCUT2D eigenvalue weighted by Gasteiger charge is -2.26. The summed E-state index contributed by atoms with van der Waals surface area (Å²) in [5.41, 5.74) is -1.50. The number of hydrogen-bond acceptors (Lipinski definition) is 5. The Morgan fingerprint density at radius 3 is 2.56 bits per heavy atom. The molecule has 9 heteroatoms. The molecule has 2 N–H and O–H groups in total. The molecule has 0 aromatic carbocycles. The van der Waals surface area contributed by atoms with E-state index in [1.807, 2.05) is 0 Å². The smallest absolute Gasteiger partial charge is 0.433 e. The number of hydrogen-bond donors (Lipinski definition) is 2. The molecule has 25 heavy (non-hydrogen) atoms. The van der Waals surface area contributed by atoms with Crippen LogP contribution >= 0.6 is 0 Å². The van der Waals surface area contributed by atoms with Gasteiger partial charge in [0.1, 0.15) is 5.82 Å².